The van der Waals surface area contributed by atoms with Crippen LogP contribution in [0.3, 0.4) is 0 Å². The van der Waals surface area contributed by atoms with E-state index in [-0.39, 0.29) is 17.3 Å². The minimum atomic E-state index is -4.71. The number of rotatable bonds is 7. The molecule has 0 aliphatic carbocycles. The normalized spacial score (nSPS) is 12.4. The molecule has 154 valence electrons. The molecule has 0 saturated carbocycles. The van der Waals surface area contributed by atoms with Gasteiger partial charge in [0.2, 0.25) is 15.8 Å². The van der Waals surface area contributed by atoms with Crippen LogP contribution in [0.25, 0.3) is 11.4 Å². The van der Waals surface area contributed by atoms with Crippen LogP contribution in [-0.4, -0.2) is 29.4 Å². The molecule has 0 atom stereocenters. The van der Waals surface area contributed by atoms with Gasteiger partial charge in [-0.3, -0.25) is 0 Å². The maximum absolute atomic E-state index is 12.9. The van der Waals surface area contributed by atoms with Crippen LogP contribution >= 0.6 is 0 Å². The number of aromatic nitrogens is 2. The van der Waals surface area contributed by atoms with E-state index in [0.29, 0.717) is 24.1 Å². The van der Waals surface area contributed by atoms with Crippen molar-refractivity contribution in [3.8, 4) is 11.4 Å². The Morgan fingerprint density at radius 2 is 1.69 bits per heavy atom. The quantitative estimate of drug-likeness (QED) is 0.562. The van der Waals surface area contributed by atoms with Crippen molar-refractivity contribution >= 4 is 10.0 Å². The summed E-state index contributed by atoms with van der Waals surface area (Å²) >= 11 is 0. The Labute approximate surface area is 166 Å². The van der Waals surface area contributed by atoms with Gasteiger partial charge in [0.25, 0.3) is 0 Å². The molecule has 29 heavy (non-hydrogen) atoms. The van der Waals surface area contributed by atoms with Gasteiger partial charge in [0.05, 0.1) is 4.90 Å². The molecule has 10 heteroatoms. The summed E-state index contributed by atoms with van der Waals surface area (Å²) in [5.41, 5.74) is 1.02. The van der Waals surface area contributed by atoms with Gasteiger partial charge in [-0.15, -0.1) is 0 Å². The molecule has 0 bridgehead atoms. The fourth-order valence-electron chi connectivity index (χ4n) is 2.69. The van der Waals surface area contributed by atoms with Gasteiger partial charge in [-0.2, -0.15) is 22.5 Å². The lowest BCUT2D eigenvalue weighted by atomic mass is 10.1. The summed E-state index contributed by atoms with van der Waals surface area (Å²) in [6.07, 6.45) is -4.08. The second kappa shape index (κ2) is 8.34. The summed E-state index contributed by atoms with van der Waals surface area (Å²) in [6.45, 7) is 2.34. The molecule has 3 aromatic rings. The summed E-state index contributed by atoms with van der Waals surface area (Å²) in [6, 6.07) is 14.4. The van der Waals surface area contributed by atoms with Crippen LogP contribution in [0.5, 0.6) is 0 Å². The van der Waals surface area contributed by atoms with Crippen LogP contribution in [0, 0.1) is 0 Å². The number of nitrogens with zero attached hydrogens (tertiary/aromatic N) is 3. The maximum atomic E-state index is 12.9. The summed E-state index contributed by atoms with van der Waals surface area (Å²) in [5, 5.41) is 3.34. The Hall–Kier alpha value is -2.72. The highest BCUT2D eigenvalue weighted by Gasteiger charge is 2.38. The maximum Gasteiger partial charge on any atom is 0.471 e. The summed E-state index contributed by atoms with van der Waals surface area (Å²) in [5.74, 6) is -1.61. The average molecular weight is 425 g/mol. The number of hydrogen-bond acceptors (Lipinski definition) is 5. The number of halogens is 3. The molecule has 0 amide bonds. The topological polar surface area (TPSA) is 76.3 Å². The van der Waals surface area contributed by atoms with E-state index < -0.39 is 22.1 Å². The van der Waals surface area contributed by atoms with Gasteiger partial charge in [0.1, 0.15) is 0 Å². The van der Waals surface area contributed by atoms with Gasteiger partial charge < -0.3 is 4.52 Å². The molecule has 0 fully saturated rings. The minimum Gasteiger partial charge on any atom is -0.329 e. The molecule has 3 rings (SSSR count). The largest absolute Gasteiger partial charge is 0.471 e. The Morgan fingerprint density at radius 1 is 1.03 bits per heavy atom. The van der Waals surface area contributed by atoms with Gasteiger partial charge in [-0.05, 0) is 24.1 Å². The molecule has 6 nitrogen and oxygen atoms in total. The molecule has 1 aromatic heterocycles. The number of hydrogen-bond donors (Lipinski definition) is 0. The molecule has 0 N–H and O–H groups in total. The molecule has 0 unspecified atom stereocenters. The third-order valence-corrected chi connectivity index (χ3v) is 5.95. The van der Waals surface area contributed by atoms with Crippen molar-refractivity contribution < 1.29 is 26.1 Å². The van der Waals surface area contributed by atoms with Crippen molar-refractivity contribution in [3.05, 3.63) is 66.1 Å². The predicted molar refractivity (Wildman–Crippen MR) is 99.1 cm³/mol. The second-order valence-electron chi connectivity index (χ2n) is 6.27. The van der Waals surface area contributed by atoms with E-state index in [9.17, 15) is 21.6 Å². The Morgan fingerprint density at radius 3 is 2.24 bits per heavy atom. The first-order valence-corrected chi connectivity index (χ1v) is 10.2. The van der Waals surface area contributed by atoms with E-state index in [1.807, 2.05) is 6.92 Å². The van der Waals surface area contributed by atoms with E-state index >= 15 is 0 Å². The summed E-state index contributed by atoms with van der Waals surface area (Å²) < 4.78 is 69.2. The highest BCUT2D eigenvalue weighted by molar-refractivity contribution is 7.89. The van der Waals surface area contributed by atoms with Crippen LogP contribution in [0.4, 0.5) is 13.2 Å². The molecule has 0 aliphatic heterocycles. The van der Waals surface area contributed by atoms with E-state index in [4.69, 9.17) is 0 Å². The standard InChI is InChI=1S/C19H18F3N3O3S/c1-2-12-25(29(26,27)16-6-4-3-5-7-16)13-14-8-10-15(11-9-14)17-23-18(28-24-17)19(20,21)22/h3-11H,2,12-13H2,1H3. The van der Waals surface area contributed by atoms with Crippen LogP contribution in [0.15, 0.2) is 64.0 Å². The van der Waals surface area contributed by atoms with Gasteiger partial charge in [0.15, 0.2) is 0 Å². The van der Waals surface area contributed by atoms with Crippen molar-refractivity contribution in [3.63, 3.8) is 0 Å². The third-order valence-electron chi connectivity index (χ3n) is 4.09. The lowest BCUT2D eigenvalue weighted by molar-refractivity contribution is -0.159. The fraction of sp³-hybridized carbons (Fsp3) is 0.263. The van der Waals surface area contributed by atoms with Crippen molar-refractivity contribution in [2.45, 2.75) is 31.0 Å². The first kappa shape index (κ1) is 21.0. The Kier molecular flexibility index (Phi) is 6.04. The molecule has 0 radical (unpaired) electrons. The van der Waals surface area contributed by atoms with Crippen LogP contribution < -0.4 is 0 Å². The monoisotopic (exact) mass is 425 g/mol. The number of benzene rings is 2. The smallest absolute Gasteiger partial charge is 0.329 e. The molecular weight excluding hydrogens is 407 g/mol. The molecule has 0 spiro atoms. The van der Waals surface area contributed by atoms with E-state index in [0.717, 1.165) is 0 Å². The number of alkyl halides is 3. The van der Waals surface area contributed by atoms with Crippen molar-refractivity contribution in [2.75, 3.05) is 6.54 Å². The summed E-state index contributed by atoms with van der Waals surface area (Å²) in [7, 11) is -3.67. The van der Waals surface area contributed by atoms with Gasteiger partial charge in [-0.25, -0.2) is 8.42 Å². The Bertz CT molecular complexity index is 1050. The molecule has 2 aromatic carbocycles. The molecule has 1 heterocycles. The van der Waals surface area contributed by atoms with Gasteiger partial charge >= 0.3 is 12.1 Å². The number of sulfonamides is 1. The summed E-state index contributed by atoms with van der Waals surface area (Å²) in [4.78, 5) is 3.55. The SMILES string of the molecule is CCCN(Cc1ccc(-c2noc(C(F)(F)F)n2)cc1)S(=O)(=O)c1ccccc1. The molecular formula is C19H18F3N3O3S. The van der Waals surface area contributed by atoms with Crippen LogP contribution in [0.1, 0.15) is 24.8 Å². The zero-order valence-electron chi connectivity index (χ0n) is 15.4. The third kappa shape index (κ3) is 4.83. The van der Waals surface area contributed by atoms with E-state index in [1.165, 1.54) is 28.6 Å². The first-order valence-electron chi connectivity index (χ1n) is 8.77. The van der Waals surface area contributed by atoms with Crippen molar-refractivity contribution in [1.82, 2.24) is 14.4 Å². The Balaban J connectivity index is 1.81. The van der Waals surface area contributed by atoms with Crippen LogP contribution in [-0.2, 0) is 22.7 Å². The zero-order valence-corrected chi connectivity index (χ0v) is 16.2. The molecule has 0 aliphatic rings. The van der Waals surface area contributed by atoms with Gasteiger partial charge in [-0.1, -0.05) is 54.5 Å². The van der Waals surface area contributed by atoms with Gasteiger partial charge in [0, 0.05) is 18.7 Å². The zero-order chi connectivity index (χ0) is 21.1. The lowest BCUT2D eigenvalue weighted by Gasteiger charge is -2.22. The predicted octanol–water partition coefficient (Wildman–Crippen LogP) is 4.36. The first-order chi connectivity index (χ1) is 13.7. The molecule has 0 saturated heterocycles. The van der Waals surface area contributed by atoms with Crippen molar-refractivity contribution in [2.24, 2.45) is 0 Å². The van der Waals surface area contributed by atoms with E-state index in [2.05, 4.69) is 14.7 Å². The second-order valence-corrected chi connectivity index (χ2v) is 8.21. The fourth-order valence-corrected chi connectivity index (χ4v) is 4.24. The average Bonchev–Trinajstić information content (AvgIpc) is 3.20. The van der Waals surface area contributed by atoms with Crippen LogP contribution in [0.2, 0.25) is 0 Å². The highest BCUT2D eigenvalue weighted by atomic mass is 32.2. The van der Waals surface area contributed by atoms with E-state index in [1.54, 1.807) is 30.3 Å². The highest BCUT2D eigenvalue weighted by Crippen LogP contribution is 2.29. The lowest BCUT2D eigenvalue weighted by Crippen LogP contribution is -2.31. The van der Waals surface area contributed by atoms with Crippen molar-refractivity contribution in [1.29, 1.82) is 0 Å². The minimum absolute atomic E-state index is 0.130.